The molecule has 64 valence electrons. The van der Waals surface area contributed by atoms with Gasteiger partial charge in [-0.2, -0.15) is 0 Å². The van der Waals surface area contributed by atoms with Gasteiger partial charge in [0.05, 0.1) is 13.2 Å². The zero-order valence-electron chi connectivity index (χ0n) is 5.54. The molecule has 2 amide bonds. The van der Waals surface area contributed by atoms with Crippen molar-refractivity contribution in [2.24, 2.45) is 17.6 Å². The second-order valence-electron chi connectivity index (χ2n) is 2.90. The standard InChI is InChI=1S/C6H10N2O2.CH4/c7-6(9)8-5-3-1-10-2-4(3)5;/h3-5H,1-2H2,(H3,7,8,9);1H4/t3-,4+,5?;. The predicted molar refractivity (Wildman–Crippen MR) is 41.0 cm³/mol. The molecule has 3 atom stereocenters. The average molecular weight is 158 g/mol. The highest BCUT2D eigenvalue weighted by atomic mass is 16.5. The van der Waals surface area contributed by atoms with Crippen LogP contribution in [0.25, 0.3) is 0 Å². The molecule has 0 aromatic rings. The Balaban J connectivity index is 0.000000605. The third-order valence-electron chi connectivity index (χ3n) is 2.26. The number of fused-ring (bicyclic) bond motifs is 1. The minimum atomic E-state index is -0.417. The molecular weight excluding hydrogens is 144 g/mol. The van der Waals surface area contributed by atoms with Crippen LogP contribution in [0.3, 0.4) is 0 Å². The van der Waals surface area contributed by atoms with E-state index in [1.54, 1.807) is 0 Å². The third-order valence-corrected chi connectivity index (χ3v) is 2.26. The maximum absolute atomic E-state index is 10.4. The molecule has 4 nitrogen and oxygen atoms in total. The molecule has 11 heavy (non-hydrogen) atoms. The molecule has 1 saturated carbocycles. The van der Waals surface area contributed by atoms with Gasteiger partial charge in [-0.25, -0.2) is 4.79 Å². The topological polar surface area (TPSA) is 64.4 Å². The van der Waals surface area contributed by atoms with Crippen LogP contribution in [-0.2, 0) is 4.74 Å². The Labute approximate surface area is 66.1 Å². The first-order valence-electron chi connectivity index (χ1n) is 3.43. The highest BCUT2D eigenvalue weighted by molar-refractivity contribution is 5.72. The Morgan fingerprint density at radius 1 is 1.45 bits per heavy atom. The molecule has 0 spiro atoms. The molecule has 0 radical (unpaired) electrons. The number of ether oxygens (including phenoxy) is 1. The number of hydrogen-bond acceptors (Lipinski definition) is 2. The number of nitrogens with two attached hydrogens (primary N) is 1. The van der Waals surface area contributed by atoms with Gasteiger partial charge in [0.1, 0.15) is 0 Å². The number of amides is 2. The van der Waals surface area contributed by atoms with Crippen molar-refractivity contribution in [2.45, 2.75) is 13.5 Å². The van der Waals surface area contributed by atoms with E-state index < -0.39 is 6.03 Å². The summed E-state index contributed by atoms with van der Waals surface area (Å²) >= 11 is 0. The normalized spacial score (nSPS) is 38.7. The molecule has 1 saturated heterocycles. The molecule has 1 aliphatic heterocycles. The molecule has 0 bridgehead atoms. The molecule has 4 heteroatoms. The molecule has 2 rings (SSSR count). The van der Waals surface area contributed by atoms with Crippen LogP contribution in [0, 0.1) is 11.8 Å². The van der Waals surface area contributed by atoms with E-state index in [2.05, 4.69) is 5.32 Å². The molecular formula is C7H14N2O2. The highest BCUT2D eigenvalue weighted by Gasteiger charge is 2.54. The number of carbonyl (C=O) groups excluding carboxylic acids is 1. The van der Waals surface area contributed by atoms with E-state index in [-0.39, 0.29) is 7.43 Å². The van der Waals surface area contributed by atoms with E-state index in [9.17, 15) is 4.79 Å². The zero-order valence-corrected chi connectivity index (χ0v) is 5.54. The van der Waals surface area contributed by atoms with E-state index in [1.165, 1.54) is 0 Å². The van der Waals surface area contributed by atoms with E-state index >= 15 is 0 Å². The Bertz CT molecular complexity index is 162. The van der Waals surface area contributed by atoms with E-state index in [4.69, 9.17) is 10.5 Å². The molecule has 1 heterocycles. The minimum Gasteiger partial charge on any atom is -0.381 e. The molecule has 1 unspecified atom stereocenters. The molecule has 2 fully saturated rings. The lowest BCUT2D eigenvalue weighted by Crippen LogP contribution is -2.34. The van der Waals surface area contributed by atoms with Crippen molar-refractivity contribution in [1.82, 2.24) is 5.32 Å². The fourth-order valence-corrected chi connectivity index (χ4v) is 1.62. The second-order valence-corrected chi connectivity index (χ2v) is 2.90. The van der Waals surface area contributed by atoms with E-state index in [0.29, 0.717) is 17.9 Å². The van der Waals surface area contributed by atoms with Crippen molar-refractivity contribution >= 4 is 6.03 Å². The summed E-state index contributed by atoms with van der Waals surface area (Å²) in [4.78, 5) is 10.4. The largest absolute Gasteiger partial charge is 0.381 e. The number of hydrogen-bond donors (Lipinski definition) is 2. The van der Waals surface area contributed by atoms with Crippen LogP contribution in [0.5, 0.6) is 0 Å². The monoisotopic (exact) mass is 158 g/mol. The summed E-state index contributed by atoms with van der Waals surface area (Å²) in [6.07, 6.45) is 0. The summed E-state index contributed by atoms with van der Waals surface area (Å²) in [7, 11) is 0. The van der Waals surface area contributed by atoms with Crippen molar-refractivity contribution in [3.8, 4) is 0 Å². The van der Waals surface area contributed by atoms with Crippen LogP contribution in [0.2, 0.25) is 0 Å². The number of urea groups is 1. The van der Waals surface area contributed by atoms with Gasteiger partial charge in [0.25, 0.3) is 0 Å². The fourth-order valence-electron chi connectivity index (χ4n) is 1.62. The van der Waals surface area contributed by atoms with Crippen LogP contribution in [0.15, 0.2) is 0 Å². The summed E-state index contributed by atoms with van der Waals surface area (Å²) in [5, 5.41) is 2.68. The van der Waals surface area contributed by atoms with Crippen LogP contribution in [0.1, 0.15) is 7.43 Å². The summed E-state index contributed by atoms with van der Waals surface area (Å²) in [5.41, 5.74) is 4.95. The first kappa shape index (κ1) is 8.33. The Morgan fingerprint density at radius 3 is 2.45 bits per heavy atom. The maximum atomic E-state index is 10.4. The Hall–Kier alpha value is -0.770. The van der Waals surface area contributed by atoms with E-state index in [0.717, 1.165) is 13.2 Å². The Morgan fingerprint density at radius 2 is 2.00 bits per heavy atom. The van der Waals surface area contributed by atoms with Crippen LogP contribution >= 0.6 is 0 Å². The molecule has 3 N–H and O–H groups in total. The lowest BCUT2D eigenvalue weighted by molar-refractivity contribution is 0.156. The number of rotatable bonds is 1. The van der Waals surface area contributed by atoms with Gasteiger partial charge >= 0.3 is 6.03 Å². The minimum absolute atomic E-state index is 0. The molecule has 0 aromatic heterocycles. The molecule has 1 aliphatic carbocycles. The van der Waals surface area contributed by atoms with Crippen molar-refractivity contribution in [3.63, 3.8) is 0 Å². The lowest BCUT2D eigenvalue weighted by atomic mass is 10.4. The average Bonchev–Trinajstić information content (AvgIpc) is 2.40. The van der Waals surface area contributed by atoms with Crippen LogP contribution in [-0.4, -0.2) is 25.3 Å². The quantitative estimate of drug-likeness (QED) is 0.561. The van der Waals surface area contributed by atoms with Crippen molar-refractivity contribution < 1.29 is 9.53 Å². The van der Waals surface area contributed by atoms with Crippen LogP contribution in [0.4, 0.5) is 4.79 Å². The second kappa shape index (κ2) is 2.70. The zero-order chi connectivity index (χ0) is 7.14. The summed E-state index contributed by atoms with van der Waals surface area (Å²) in [6, 6.07) is -0.106. The van der Waals surface area contributed by atoms with Gasteiger partial charge in [0, 0.05) is 17.9 Å². The summed E-state index contributed by atoms with van der Waals surface area (Å²) in [5.74, 6) is 1.10. The van der Waals surface area contributed by atoms with Gasteiger partial charge < -0.3 is 15.8 Å². The predicted octanol–water partition coefficient (Wildman–Crippen LogP) is -0.0644. The van der Waals surface area contributed by atoms with Gasteiger partial charge in [-0.1, -0.05) is 7.43 Å². The Kier molecular flexibility index (Phi) is 2.04. The number of nitrogens with one attached hydrogen (secondary N) is 1. The number of carbonyl (C=O) groups is 1. The van der Waals surface area contributed by atoms with Gasteiger partial charge in [-0.05, 0) is 0 Å². The molecule has 0 aromatic carbocycles. The molecule has 2 aliphatic rings. The van der Waals surface area contributed by atoms with Gasteiger partial charge in [-0.15, -0.1) is 0 Å². The van der Waals surface area contributed by atoms with Crippen molar-refractivity contribution in [3.05, 3.63) is 0 Å². The smallest absolute Gasteiger partial charge is 0.312 e. The van der Waals surface area contributed by atoms with Crippen molar-refractivity contribution in [1.29, 1.82) is 0 Å². The lowest BCUT2D eigenvalue weighted by Gasteiger charge is -2.02. The summed E-state index contributed by atoms with van der Waals surface area (Å²) in [6.45, 7) is 1.57. The maximum Gasteiger partial charge on any atom is 0.312 e. The van der Waals surface area contributed by atoms with Gasteiger partial charge in [0.15, 0.2) is 0 Å². The summed E-state index contributed by atoms with van der Waals surface area (Å²) < 4.78 is 5.13. The van der Waals surface area contributed by atoms with Crippen molar-refractivity contribution in [2.75, 3.05) is 13.2 Å². The van der Waals surface area contributed by atoms with E-state index in [1.807, 2.05) is 0 Å². The first-order valence-corrected chi connectivity index (χ1v) is 3.43. The van der Waals surface area contributed by atoms with Crippen LogP contribution < -0.4 is 11.1 Å². The SMILES string of the molecule is C.NC(=O)NC1[C@H]2COC[C@@H]12. The fraction of sp³-hybridized carbons (Fsp3) is 0.857. The number of primary amides is 1. The van der Waals surface area contributed by atoms with Gasteiger partial charge in [0.2, 0.25) is 0 Å². The van der Waals surface area contributed by atoms with Gasteiger partial charge in [-0.3, -0.25) is 0 Å². The third kappa shape index (κ3) is 1.30. The highest BCUT2D eigenvalue weighted by Crippen LogP contribution is 2.43. The first-order chi connectivity index (χ1) is 4.79.